The van der Waals surface area contributed by atoms with Crippen LogP contribution in [0.5, 0.6) is 0 Å². The van der Waals surface area contributed by atoms with E-state index in [2.05, 4.69) is 5.10 Å². The lowest BCUT2D eigenvalue weighted by Gasteiger charge is -2.46. The third-order valence-corrected chi connectivity index (χ3v) is 13.5. The molecule has 0 bridgehead atoms. The Balaban J connectivity index is 1.18. The molecule has 1 aliphatic heterocycles. The van der Waals surface area contributed by atoms with Crippen molar-refractivity contribution in [1.29, 1.82) is 0 Å². The molecule has 2 heterocycles. The Kier molecular flexibility index (Phi) is 19.8. The van der Waals surface area contributed by atoms with E-state index in [-0.39, 0.29) is 51.8 Å². The number of benzene rings is 6. The highest BCUT2D eigenvalue weighted by Gasteiger charge is 2.50. The molecule has 0 spiro atoms. The van der Waals surface area contributed by atoms with E-state index in [1.165, 1.54) is 12.4 Å². The van der Waals surface area contributed by atoms with Crippen molar-refractivity contribution in [2.45, 2.75) is 88.7 Å². The van der Waals surface area contributed by atoms with Gasteiger partial charge in [0, 0.05) is 11.8 Å². The van der Waals surface area contributed by atoms with Gasteiger partial charge in [-0.3, -0.25) is 4.18 Å². The summed E-state index contributed by atoms with van der Waals surface area (Å²) in [5, 5.41) is 4.14. The molecule has 0 saturated carbocycles. The minimum atomic E-state index is -4.28. The lowest BCUT2D eigenvalue weighted by molar-refractivity contribution is -0.332. The lowest BCUT2D eigenvalue weighted by atomic mass is 9.97. The highest BCUT2D eigenvalue weighted by atomic mass is 32.2. The van der Waals surface area contributed by atoms with Crippen LogP contribution in [0.1, 0.15) is 45.0 Å². The van der Waals surface area contributed by atoms with Crippen LogP contribution in [0.4, 0.5) is 0 Å². The second-order valence-electron chi connectivity index (χ2n) is 17.9. The van der Waals surface area contributed by atoms with Crippen molar-refractivity contribution in [1.82, 2.24) is 9.19 Å². The van der Waals surface area contributed by atoms with Crippen LogP contribution in [0.15, 0.2) is 194 Å². The average molecular weight is 1050 g/mol. The predicted molar refractivity (Wildman–Crippen MR) is 277 cm³/mol. The molecule has 1 aliphatic rings. The number of rotatable bonds is 28. The zero-order valence-electron chi connectivity index (χ0n) is 41.3. The van der Waals surface area contributed by atoms with Crippen LogP contribution < -0.4 is 0 Å². The monoisotopic (exact) mass is 1050 g/mol. The minimum absolute atomic E-state index is 0.0177. The maximum Gasteiger partial charge on any atom is 0.264 e. The smallest absolute Gasteiger partial charge is 0.264 e. The highest BCUT2D eigenvalue weighted by Crippen LogP contribution is 2.35. The van der Waals surface area contributed by atoms with Gasteiger partial charge in [-0.1, -0.05) is 182 Å². The number of hydrogen-bond acceptors (Lipinski definition) is 14. The predicted octanol–water partition coefficient (Wildman–Crippen LogP) is 8.59. The summed E-state index contributed by atoms with van der Waals surface area (Å²) in [6.07, 6.45) is -4.09. The van der Waals surface area contributed by atoms with E-state index in [1.54, 1.807) is 0 Å². The first kappa shape index (κ1) is 54.3. The van der Waals surface area contributed by atoms with Crippen LogP contribution in [0.3, 0.4) is 0 Å². The Morgan fingerprint density at radius 1 is 0.514 bits per heavy atom. The second kappa shape index (κ2) is 27.0. The highest BCUT2D eigenvalue weighted by molar-refractivity contribution is 7.89. The van der Waals surface area contributed by atoms with Gasteiger partial charge in [0.15, 0.2) is 6.29 Å². The van der Waals surface area contributed by atoms with Gasteiger partial charge < -0.3 is 37.9 Å². The third-order valence-electron chi connectivity index (χ3n) is 12.0. The molecule has 1 fully saturated rings. The van der Waals surface area contributed by atoms with E-state index >= 15 is 0 Å². The standard InChI is InChI=1S/C57H62N2O13S2/c1-73(60,61)59-34-49(33-58-59)52(65-36-44-23-11-4-12-24-44)54(67-38-46-27-15-6-16-28-46)51(72-74(2,62)63)42-70-57-56(69-40-48-31-19-8-20-32-48)55(68-39-47-29-17-7-18-30-47)53(66-37-45-25-13-5-14-26-45)50(71-57)41-64-35-43-21-9-3-10-22-43/h3-34,50-57H,35-42H2,1-2H3/t50-,51-,52-,53+,54+,55+,56-,57+/m1/s1. The normalized spacial score (nSPS) is 19.4. The van der Waals surface area contributed by atoms with Gasteiger partial charge in [0.25, 0.3) is 20.1 Å². The van der Waals surface area contributed by atoms with Gasteiger partial charge in [0.1, 0.15) is 42.7 Å². The van der Waals surface area contributed by atoms with Gasteiger partial charge in [0.2, 0.25) is 0 Å². The van der Waals surface area contributed by atoms with Gasteiger partial charge in [-0.05, 0) is 33.4 Å². The molecule has 390 valence electrons. The maximum atomic E-state index is 13.5. The zero-order chi connectivity index (χ0) is 51.6. The lowest BCUT2D eigenvalue weighted by Crippen LogP contribution is -2.62. The van der Waals surface area contributed by atoms with Crippen LogP contribution in [0.2, 0.25) is 0 Å². The molecule has 17 heteroatoms. The molecule has 0 radical (unpaired) electrons. The molecule has 74 heavy (non-hydrogen) atoms. The largest absolute Gasteiger partial charge is 0.374 e. The number of ether oxygens (including phenoxy) is 8. The van der Waals surface area contributed by atoms with Crippen molar-refractivity contribution in [3.05, 3.63) is 233 Å². The van der Waals surface area contributed by atoms with Gasteiger partial charge >= 0.3 is 0 Å². The Bertz CT molecular complexity index is 2940. The van der Waals surface area contributed by atoms with E-state index < -0.39 is 75.8 Å². The SMILES string of the molecule is CS(=O)(=O)O[C@H](CO[C@H]1O[C@H](COCc2ccccc2)[C@H](OCc2ccccc2)[C@H](OCc2ccccc2)[C@H]1OCc1ccccc1)[C@H](OCc1ccccc1)[C@H](OCc1ccccc1)c1cnn(S(C)(=O)=O)c1. The summed E-state index contributed by atoms with van der Waals surface area (Å²) in [4.78, 5) is 0. The number of nitrogens with zero attached hydrogens (tertiary/aromatic N) is 2. The van der Waals surface area contributed by atoms with Crippen molar-refractivity contribution in [3.8, 4) is 0 Å². The molecule has 0 N–H and O–H groups in total. The molecule has 7 aromatic rings. The molecule has 0 aliphatic carbocycles. The van der Waals surface area contributed by atoms with E-state index in [0.29, 0.717) is 0 Å². The van der Waals surface area contributed by atoms with E-state index in [4.69, 9.17) is 42.1 Å². The van der Waals surface area contributed by atoms with Crippen molar-refractivity contribution in [2.75, 3.05) is 25.7 Å². The molecule has 1 saturated heterocycles. The Hall–Kier alpha value is -5.93. The third kappa shape index (κ3) is 16.5. The molecule has 0 unspecified atom stereocenters. The molecule has 1 aromatic heterocycles. The Labute approximate surface area is 434 Å². The number of aromatic nitrogens is 2. The fourth-order valence-electron chi connectivity index (χ4n) is 8.42. The fraction of sp³-hybridized carbons (Fsp3) is 0.316. The summed E-state index contributed by atoms with van der Waals surface area (Å²) in [7, 11) is -8.13. The average Bonchev–Trinajstić information content (AvgIpc) is 3.92. The van der Waals surface area contributed by atoms with Gasteiger partial charge in [0.05, 0.1) is 71.6 Å². The van der Waals surface area contributed by atoms with Crippen molar-refractivity contribution in [3.63, 3.8) is 0 Å². The minimum Gasteiger partial charge on any atom is -0.374 e. The second-order valence-corrected chi connectivity index (χ2v) is 21.3. The fourth-order valence-corrected chi connectivity index (χ4v) is 9.56. The van der Waals surface area contributed by atoms with Crippen molar-refractivity contribution < 1.29 is 58.9 Å². The van der Waals surface area contributed by atoms with Crippen LogP contribution >= 0.6 is 0 Å². The summed E-state index contributed by atoms with van der Waals surface area (Å²) >= 11 is 0. The first-order valence-corrected chi connectivity index (χ1v) is 27.9. The Morgan fingerprint density at radius 2 is 0.932 bits per heavy atom. The van der Waals surface area contributed by atoms with Crippen LogP contribution in [-0.4, -0.2) is 94.7 Å². The molecule has 8 rings (SSSR count). The summed E-state index contributed by atoms with van der Waals surface area (Å²) in [6.45, 7) is 0.311. The molecule has 8 atom stereocenters. The summed E-state index contributed by atoms with van der Waals surface area (Å²) < 4.78 is 114. The van der Waals surface area contributed by atoms with Crippen LogP contribution in [0.25, 0.3) is 0 Å². The van der Waals surface area contributed by atoms with Crippen LogP contribution in [0, 0.1) is 0 Å². The first-order valence-electron chi connectivity index (χ1n) is 24.2. The van der Waals surface area contributed by atoms with E-state index in [9.17, 15) is 16.8 Å². The molecule has 0 amide bonds. The maximum absolute atomic E-state index is 13.5. The van der Waals surface area contributed by atoms with E-state index in [1.807, 2.05) is 182 Å². The Morgan fingerprint density at radius 3 is 1.38 bits per heavy atom. The molecular weight excluding hydrogens is 985 g/mol. The molecule has 15 nitrogen and oxygen atoms in total. The topological polar surface area (TPSA) is 169 Å². The molecule has 6 aromatic carbocycles. The van der Waals surface area contributed by atoms with Gasteiger partial charge in [-0.2, -0.15) is 17.6 Å². The summed E-state index contributed by atoms with van der Waals surface area (Å²) in [6, 6.07) is 57.5. The number of hydrogen-bond donors (Lipinski definition) is 0. The van der Waals surface area contributed by atoms with Crippen molar-refractivity contribution >= 4 is 20.1 Å². The van der Waals surface area contributed by atoms with Gasteiger partial charge in [-0.15, -0.1) is 0 Å². The molecular formula is C57H62N2O13S2. The van der Waals surface area contributed by atoms with Crippen molar-refractivity contribution in [2.24, 2.45) is 0 Å². The van der Waals surface area contributed by atoms with Crippen LogP contribution in [-0.2, 0) is 102 Å². The summed E-state index contributed by atoms with van der Waals surface area (Å²) in [5.41, 5.74) is 5.45. The quantitative estimate of drug-likeness (QED) is 0.0428. The zero-order valence-corrected chi connectivity index (χ0v) is 42.9. The first-order chi connectivity index (χ1) is 35.9. The van der Waals surface area contributed by atoms with Gasteiger partial charge in [-0.25, -0.2) is 8.42 Å². The summed E-state index contributed by atoms with van der Waals surface area (Å²) in [5.74, 6) is 0. The van der Waals surface area contributed by atoms with E-state index in [0.717, 1.165) is 50.0 Å².